The van der Waals surface area contributed by atoms with Crippen LogP contribution >= 0.6 is 0 Å². The van der Waals surface area contributed by atoms with E-state index < -0.39 is 23.4 Å². The van der Waals surface area contributed by atoms with Crippen molar-refractivity contribution in [2.24, 2.45) is 0 Å². The van der Waals surface area contributed by atoms with Gasteiger partial charge in [-0.25, -0.2) is 13.2 Å². The zero-order chi connectivity index (χ0) is 14.9. The molecule has 0 spiro atoms. The zero-order valence-electron chi connectivity index (χ0n) is 10.5. The molecule has 0 bridgehead atoms. The van der Waals surface area contributed by atoms with Crippen molar-refractivity contribution in [2.45, 2.75) is 6.92 Å². The molecule has 0 aliphatic heterocycles. The standard InChI is InChI=1S/C14H11F3N2O/c1-7-2-3-9(15)13(4-7)19-14(20)8-5-10(16)11(17)6-12(8)18/h2-6H,18H2,1H3,(H,19,20). The van der Waals surface area contributed by atoms with Crippen LogP contribution in [0.5, 0.6) is 0 Å². The monoisotopic (exact) mass is 280 g/mol. The summed E-state index contributed by atoms with van der Waals surface area (Å²) in [5.41, 5.74) is 5.64. The van der Waals surface area contributed by atoms with E-state index in [9.17, 15) is 18.0 Å². The predicted octanol–water partition coefficient (Wildman–Crippen LogP) is 3.25. The summed E-state index contributed by atoms with van der Waals surface area (Å²) in [6.07, 6.45) is 0. The van der Waals surface area contributed by atoms with E-state index >= 15 is 0 Å². The number of nitrogens with one attached hydrogen (secondary N) is 1. The molecule has 0 saturated carbocycles. The molecule has 0 aliphatic rings. The number of anilines is 2. The van der Waals surface area contributed by atoms with E-state index in [2.05, 4.69) is 5.32 Å². The summed E-state index contributed by atoms with van der Waals surface area (Å²) in [4.78, 5) is 11.9. The van der Waals surface area contributed by atoms with E-state index in [4.69, 9.17) is 5.73 Å². The van der Waals surface area contributed by atoms with Gasteiger partial charge in [0.1, 0.15) is 5.82 Å². The Morgan fingerprint density at radius 2 is 1.70 bits per heavy atom. The molecule has 0 saturated heterocycles. The number of halogens is 3. The number of carbonyl (C=O) groups excluding carboxylic acids is 1. The van der Waals surface area contributed by atoms with E-state index in [0.29, 0.717) is 12.1 Å². The molecule has 6 heteroatoms. The highest BCUT2D eigenvalue weighted by atomic mass is 19.2. The molecule has 0 aliphatic carbocycles. The molecule has 3 nitrogen and oxygen atoms in total. The number of carbonyl (C=O) groups is 1. The number of rotatable bonds is 2. The maximum atomic E-state index is 13.5. The van der Waals surface area contributed by atoms with Gasteiger partial charge in [-0.1, -0.05) is 6.07 Å². The first-order chi connectivity index (χ1) is 9.38. The van der Waals surface area contributed by atoms with Crippen LogP contribution < -0.4 is 11.1 Å². The van der Waals surface area contributed by atoms with E-state index in [1.807, 2.05) is 0 Å². The smallest absolute Gasteiger partial charge is 0.257 e. The second-order valence-electron chi connectivity index (χ2n) is 4.29. The fourth-order valence-corrected chi connectivity index (χ4v) is 1.68. The number of nitrogen functional groups attached to an aromatic ring is 1. The maximum Gasteiger partial charge on any atom is 0.257 e. The summed E-state index contributed by atoms with van der Waals surface area (Å²) in [6.45, 7) is 1.72. The Bertz CT molecular complexity index is 686. The molecule has 0 atom stereocenters. The number of aryl methyl sites for hydroxylation is 1. The molecule has 20 heavy (non-hydrogen) atoms. The van der Waals surface area contributed by atoms with Crippen LogP contribution in [0.2, 0.25) is 0 Å². The van der Waals surface area contributed by atoms with E-state index in [1.165, 1.54) is 18.2 Å². The number of hydrogen-bond acceptors (Lipinski definition) is 2. The van der Waals surface area contributed by atoms with Gasteiger partial charge >= 0.3 is 0 Å². The maximum absolute atomic E-state index is 13.5. The van der Waals surface area contributed by atoms with Crippen molar-refractivity contribution in [1.82, 2.24) is 0 Å². The Balaban J connectivity index is 2.33. The normalized spacial score (nSPS) is 10.4. The minimum atomic E-state index is -1.20. The molecule has 0 aromatic heterocycles. The minimum Gasteiger partial charge on any atom is -0.398 e. The molecule has 0 radical (unpaired) electrons. The molecular formula is C14H11F3N2O. The molecule has 104 valence electrons. The Kier molecular flexibility index (Phi) is 3.65. The Morgan fingerprint density at radius 1 is 1.05 bits per heavy atom. The lowest BCUT2D eigenvalue weighted by Gasteiger charge is -2.09. The number of hydrogen-bond donors (Lipinski definition) is 2. The van der Waals surface area contributed by atoms with Gasteiger partial charge in [-0.3, -0.25) is 4.79 Å². The molecule has 1 amide bonds. The SMILES string of the molecule is Cc1ccc(F)c(NC(=O)c2cc(F)c(F)cc2N)c1. The lowest BCUT2D eigenvalue weighted by molar-refractivity contribution is 0.102. The van der Waals surface area contributed by atoms with Gasteiger partial charge in [0.15, 0.2) is 11.6 Å². The van der Waals surface area contributed by atoms with Gasteiger partial charge in [0.05, 0.1) is 11.3 Å². The van der Waals surface area contributed by atoms with Crippen LogP contribution in [0.3, 0.4) is 0 Å². The topological polar surface area (TPSA) is 55.1 Å². The highest BCUT2D eigenvalue weighted by Gasteiger charge is 2.15. The molecule has 2 aromatic carbocycles. The van der Waals surface area contributed by atoms with Crippen LogP contribution in [-0.4, -0.2) is 5.91 Å². The van der Waals surface area contributed by atoms with Crippen LogP contribution in [-0.2, 0) is 0 Å². The van der Waals surface area contributed by atoms with Gasteiger partial charge in [-0.15, -0.1) is 0 Å². The quantitative estimate of drug-likeness (QED) is 0.830. The molecule has 0 fully saturated rings. The molecule has 2 aromatic rings. The van der Waals surface area contributed by atoms with Gasteiger partial charge in [-0.05, 0) is 30.7 Å². The van der Waals surface area contributed by atoms with Crippen LogP contribution in [0.4, 0.5) is 24.5 Å². The van der Waals surface area contributed by atoms with Gasteiger partial charge in [0, 0.05) is 11.8 Å². The first-order valence-corrected chi connectivity index (χ1v) is 5.70. The summed E-state index contributed by atoms with van der Waals surface area (Å²) in [5, 5.41) is 2.27. The highest BCUT2D eigenvalue weighted by molar-refractivity contribution is 6.07. The van der Waals surface area contributed by atoms with Crippen molar-refractivity contribution < 1.29 is 18.0 Å². The molecule has 3 N–H and O–H groups in total. The van der Waals surface area contributed by atoms with Crippen molar-refractivity contribution in [3.05, 3.63) is 58.9 Å². The van der Waals surface area contributed by atoms with Crippen molar-refractivity contribution in [1.29, 1.82) is 0 Å². The van der Waals surface area contributed by atoms with Crippen LogP contribution in [0, 0.1) is 24.4 Å². The molecular weight excluding hydrogens is 269 g/mol. The summed E-state index contributed by atoms with van der Waals surface area (Å²) < 4.78 is 39.5. The fourth-order valence-electron chi connectivity index (χ4n) is 1.68. The van der Waals surface area contributed by atoms with Gasteiger partial charge in [0.2, 0.25) is 0 Å². The lowest BCUT2D eigenvalue weighted by Crippen LogP contribution is -2.16. The summed E-state index contributed by atoms with van der Waals surface area (Å²) >= 11 is 0. The van der Waals surface area contributed by atoms with Crippen molar-refractivity contribution in [3.8, 4) is 0 Å². The van der Waals surface area contributed by atoms with Crippen LogP contribution in [0.15, 0.2) is 30.3 Å². The highest BCUT2D eigenvalue weighted by Crippen LogP contribution is 2.21. The molecule has 0 unspecified atom stereocenters. The third-order valence-corrected chi connectivity index (χ3v) is 2.71. The summed E-state index contributed by atoms with van der Waals surface area (Å²) in [6, 6.07) is 5.53. The van der Waals surface area contributed by atoms with Crippen molar-refractivity contribution >= 4 is 17.3 Å². The second kappa shape index (κ2) is 5.24. The third kappa shape index (κ3) is 2.74. The summed E-state index contributed by atoms with van der Waals surface area (Å²) in [5.74, 6) is -3.80. The average Bonchev–Trinajstić information content (AvgIpc) is 2.38. The number of amides is 1. The van der Waals surface area contributed by atoms with E-state index in [-0.39, 0.29) is 16.9 Å². The van der Waals surface area contributed by atoms with Crippen LogP contribution in [0.1, 0.15) is 15.9 Å². The summed E-state index contributed by atoms with van der Waals surface area (Å²) in [7, 11) is 0. The Labute approximate surface area is 113 Å². The van der Waals surface area contributed by atoms with Crippen molar-refractivity contribution in [2.75, 3.05) is 11.1 Å². The third-order valence-electron chi connectivity index (χ3n) is 2.71. The number of nitrogens with two attached hydrogens (primary N) is 1. The van der Waals surface area contributed by atoms with Crippen molar-refractivity contribution in [3.63, 3.8) is 0 Å². The first-order valence-electron chi connectivity index (χ1n) is 5.70. The predicted molar refractivity (Wildman–Crippen MR) is 69.9 cm³/mol. The Morgan fingerprint density at radius 3 is 2.40 bits per heavy atom. The van der Waals surface area contributed by atoms with Gasteiger partial charge in [-0.2, -0.15) is 0 Å². The van der Waals surface area contributed by atoms with E-state index in [1.54, 1.807) is 6.92 Å². The second-order valence-corrected chi connectivity index (χ2v) is 4.29. The largest absolute Gasteiger partial charge is 0.398 e. The van der Waals surface area contributed by atoms with Crippen LogP contribution in [0.25, 0.3) is 0 Å². The molecule has 2 rings (SSSR count). The lowest BCUT2D eigenvalue weighted by atomic mass is 10.1. The average molecular weight is 280 g/mol. The zero-order valence-corrected chi connectivity index (χ0v) is 10.5. The van der Waals surface area contributed by atoms with E-state index in [0.717, 1.165) is 5.56 Å². The number of benzene rings is 2. The molecule has 0 heterocycles. The fraction of sp³-hybridized carbons (Fsp3) is 0.0714. The minimum absolute atomic E-state index is 0.0564. The first kappa shape index (κ1) is 13.9. The Hall–Kier alpha value is -2.50. The van der Waals surface area contributed by atoms with Gasteiger partial charge in [0.25, 0.3) is 5.91 Å². The van der Waals surface area contributed by atoms with Gasteiger partial charge < -0.3 is 11.1 Å².